The molecule has 0 aliphatic heterocycles. The van der Waals surface area contributed by atoms with Gasteiger partial charge in [0, 0.05) is 0 Å². The molecule has 0 spiro atoms. The van der Waals surface area contributed by atoms with E-state index in [4.69, 9.17) is 0 Å². The van der Waals surface area contributed by atoms with Crippen LogP contribution in [0, 0.1) is 0 Å². The van der Waals surface area contributed by atoms with Gasteiger partial charge in [0.1, 0.15) is 0 Å². The second kappa shape index (κ2) is 3.22. The van der Waals surface area contributed by atoms with E-state index in [0.29, 0.717) is 0 Å². The van der Waals surface area contributed by atoms with Gasteiger partial charge in [-0.2, -0.15) is 0 Å². The van der Waals surface area contributed by atoms with Gasteiger partial charge >= 0.3 is 78.6 Å². The quantitative estimate of drug-likeness (QED) is 0.686. The monoisotopic (exact) mass is 258 g/mol. The number of hydrogen-bond acceptors (Lipinski definition) is 1. The van der Waals surface area contributed by atoms with Crippen molar-refractivity contribution in [2.24, 2.45) is 0 Å². The first-order chi connectivity index (χ1) is 4.15. The fourth-order valence-corrected chi connectivity index (χ4v) is 9.06. The molecule has 0 amide bonds. The maximum absolute atomic E-state index is 2.66. The molecule has 0 rings (SSSR count). The van der Waals surface area contributed by atoms with Crippen LogP contribution >= 0.6 is 0 Å². The summed E-state index contributed by atoms with van der Waals surface area (Å²) in [6.07, 6.45) is 0. The van der Waals surface area contributed by atoms with Crippen LogP contribution in [0.25, 0.3) is 0 Å². The molecule has 0 unspecified atom stereocenters. The molecule has 0 bridgehead atoms. The summed E-state index contributed by atoms with van der Waals surface area (Å²) in [6, 6.07) is 0. The van der Waals surface area contributed by atoms with E-state index in [1.165, 1.54) is 0 Å². The topological polar surface area (TPSA) is 3.24 Å². The van der Waals surface area contributed by atoms with Gasteiger partial charge in [-0.15, -0.1) is 0 Å². The zero-order valence-electron chi connectivity index (χ0n) is 7.86. The Bertz CT molecular complexity index is 99.9. The fraction of sp³-hybridized carbons (Fsp3) is 1.00. The Morgan fingerprint density at radius 1 is 0.800 bits per heavy atom. The van der Waals surface area contributed by atoms with Crippen molar-refractivity contribution in [3.05, 3.63) is 0 Å². The van der Waals surface area contributed by atoms with Crippen molar-refractivity contribution >= 4 is 16.5 Å². The summed E-state index contributed by atoms with van der Waals surface area (Å²) in [4.78, 5) is 0. The normalized spacial score (nSPS) is 14.3. The molecule has 0 aromatic carbocycles. The first-order valence-electron chi connectivity index (χ1n) is 3.63. The van der Waals surface area contributed by atoms with Crippen molar-refractivity contribution in [1.29, 1.82) is 0 Å². The molecule has 0 saturated carbocycles. The van der Waals surface area contributed by atoms with Crippen molar-refractivity contribution in [3.63, 3.8) is 0 Å². The van der Waals surface area contributed by atoms with Crippen LogP contribution in [-0.2, 0) is 20.1 Å². The van der Waals surface area contributed by atoms with Crippen LogP contribution in [0.1, 0.15) is 0 Å². The van der Waals surface area contributed by atoms with E-state index >= 15 is 0 Å². The van der Waals surface area contributed by atoms with Gasteiger partial charge in [0.15, 0.2) is 0 Å². The van der Waals surface area contributed by atoms with Gasteiger partial charge in [-0.25, -0.2) is 0 Å². The maximum atomic E-state index is 2.66. The van der Waals surface area contributed by atoms with Crippen molar-refractivity contribution in [3.8, 4) is 0 Å². The third-order valence-electron chi connectivity index (χ3n) is 1.22. The SMILES string of the molecule is C[Si](C)(C)[N]([Mo])[Si](C)(C)C. The third-order valence-corrected chi connectivity index (χ3v) is 15.8. The van der Waals surface area contributed by atoms with Gasteiger partial charge in [-0.1, -0.05) is 0 Å². The molecule has 0 fully saturated rings. The molecule has 0 aliphatic carbocycles. The Hall–Kier alpha value is 1.08. The molecular formula is C6H18MoNSi2. The second-order valence-corrected chi connectivity index (χ2v) is 17.3. The molecule has 61 valence electrons. The van der Waals surface area contributed by atoms with E-state index in [9.17, 15) is 0 Å². The van der Waals surface area contributed by atoms with E-state index in [1.54, 1.807) is 0 Å². The van der Waals surface area contributed by atoms with Gasteiger partial charge in [-0.05, 0) is 0 Å². The molecule has 1 nitrogen and oxygen atoms in total. The standard InChI is InChI=1S/C6H18NSi2.Mo/c1-8(2,3)7-9(4,5)6;/h1-6H3;/q-1;+1. The predicted molar refractivity (Wildman–Crippen MR) is 48.5 cm³/mol. The number of hydrogen-bond donors (Lipinski definition) is 0. The summed E-state index contributed by atoms with van der Waals surface area (Å²) in [6.45, 7) is 14.5. The summed E-state index contributed by atoms with van der Waals surface area (Å²) in [5.74, 6) is 0. The Labute approximate surface area is 78.6 Å². The number of rotatable bonds is 2. The first kappa shape index (κ1) is 11.1. The van der Waals surface area contributed by atoms with Gasteiger partial charge in [0.2, 0.25) is 0 Å². The Balaban J connectivity index is 4.23. The van der Waals surface area contributed by atoms with Crippen molar-refractivity contribution in [2.75, 3.05) is 0 Å². The van der Waals surface area contributed by atoms with E-state index in [0.717, 1.165) is 0 Å². The molecule has 0 atom stereocenters. The molecule has 4 heteroatoms. The molecule has 0 aromatic heterocycles. The zero-order valence-corrected chi connectivity index (χ0v) is 11.9. The Morgan fingerprint density at radius 2 is 1.00 bits per heavy atom. The van der Waals surface area contributed by atoms with Gasteiger partial charge in [0.25, 0.3) is 0 Å². The van der Waals surface area contributed by atoms with E-state index in [2.05, 4.69) is 62.1 Å². The molecule has 0 aromatic rings. The second-order valence-electron chi connectivity index (χ2n) is 4.64. The van der Waals surface area contributed by atoms with Crippen LogP contribution in [0.3, 0.4) is 0 Å². The minimum atomic E-state index is -0.997. The van der Waals surface area contributed by atoms with Crippen molar-refractivity contribution < 1.29 is 20.1 Å². The van der Waals surface area contributed by atoms with E-state index in [1.807, 2.05) is 0 Å². The average Bonchev–Trinajstić information content (AvgIpc) is 1.59. The molecule has 0 N–H and O–H groups in total. The summed E-state index contributed by atoms with van der Waals surface area (Å²) >= 11 is 2.22. The van der Waals surface area contributed by atoms with Crippen molar-refractivity contribution in [1.82, 2.24) is 2.79 Å². The fourth-order valence-electron chi connectivity index (χ4n) is 1.01. The van der Waals surface area contributed by atoms with Crippen LogP contribution in [0.4, 0.5) is 0 Å². The zero-order chi connectivity index (χ0) is 8.58. The van der Waals surface area contributed by atoms with Gasteiger partial charge < -0.3 is 0 Å². The number of nitrogens with zero attached hydrogens (tertiary/aromatic N) is 1. The van der Waals surface area contributed by atoms with Crippen LogP contribution < -0.4 is 0 Å². The van der Waals surface area contributed by atoms with Gasteiger partial charge in [-0.3, -0.25) is 0 Å². The minimum absolute atomic E-state index is 0.997. The van der Waals surface area contributed by atoms with Crippen LogP contribution in [-0.4, -0.2) is 19.3 Å². The predicted octanol–water partition coefficient (Wildman–Crippen LogP) is 2.42. The Kier molecular flexibility index (Phi) is 3.56. The summed E-state index contributed by atoms with van der Waals surface area (Å²) in [5, 5.41) is 0. The van der Waals surface area contributed by atoms with Crippen LogP contribution in [0.5, 0.6) is 0 Å². The average molecular weight is 256 g/mol. The molecular weight excluding hydrogens is 238 g/mol. The van der Waals surface area contributed by atoms with Crippen LogP contribution in [0.2, 0.25) is 39.3 Å². The molecule has 10 heavy (non-hydrogen) atoms. The first-order valence-corrected chi connectivity index (χ1v) is 11.4. The molecule has 0 saturated heterocycles. The Morgan fingerprint density at radius 3 is 1.00 bits per heavy atom. The summed E-state index contributed by atoms with van der Waals surface area (Å²) < 4.78 is 2.66. The molecule has 0 aliphatic rings. The summed E-state index contributed by atoms with van der Waals surface area (Å²) in [5.41, 5.74) is 0. The van der Waals surface area contributed by atoms with Gasteiger partial charge in [0.05, 0.1) is 0 Å². The van der Waals surface area contributed by atoms with E-state index < -0.39 is 16.5 Å². The summed E-state index contributed by atoms with van der Waals surface area (Å²) in [7, 11) is -1.99. The van der Waals surface area contributed by atoms with Crippen LogP contribution in [0.15, 0.2) is 0 Å². The molecule has 0 heterocycles. The van der Waals surface area contributed by atoms with Crippen molar-refractivity contribution in [2.45, 2.75) is 39.3 Å². The molecule has 0 radical (unpaired) electrons. The third kappa shape index (κ3) is 3.47. The van der Waals surface area contributed by atoms with E-state index in [-0.39, 0.29) is 0 Å².